The molecule has 5 heteroatoms. The summed E-state index contributed by atoms with van der Waals surface area (Å²) < 4.78 is 25.1. The van der Waals surface area contributed by atoms with Gasteiger partial charge in [-0.25, -0.2) is 8.42 Å². The van der Waals surface area contributed by atoms with Crippen molar-refractivity contribution in [2.24, 2.45) is 0 Å². The first-order chi connectivity index (χ1) is 8.60. The molecule has 1 aromatic carbocycles. The Kier molecular flexibility index (Phi) is 5.77. The standard InChI is InChI=1S/C13H17NO3S/c1-2-9-14(10-11-15)18(16,17)12-8-13-6-4-3-5-7-13/h2-8,12,15H,1,9-11H2/b12-8+. The second-order valence-electron chi connectivity index (χ2n) is 3.63. The number of aliphatic hydroxyl groups is 1. The lowest BCUT2D eigenvalue weighted by atomic mass is 10.2. The minimum Gasteiger partial charge on any atom is -0.395 e. The lowest BCUT2D eigenvalue weighted by Crippen LogP contribution is -2.32. The third-order valence-corrected chi connectivity index (χ3v) is 3.81. The van der Waals surface area contributed by atoms with Crippen LogP contribution in [0, 0.1) is 0 Å². The Morgan fingerprint density at radius 1 is 1.28 bits per heavy atom. The molecule has 1 N–H and O–H groups in total. The second-order valence-corrected chi connectivity index (χ2v) is 5.45. The van der Waals surface area contributed by atoms with Crippen LogP contribution in [-0.4, -0.2) is 37.5 Å². The molecule has 4 nitrogen and oxygen atoms in total. The van der Waals surface area contributed by atoms with E-state index in [0.29, 0.717) is 0 Å². The van der Waals surface area contributed by atoms with Crippen LogP contribution in [0.5, 0.6) is 0 Å². The first-order valence-corrected chi connectivity index (χ1v) is 7.05. The Bertz CT molecular complexity index is 494. The summed E-state index contributed by atoms with van der Waals surface area (Å²) in [5.74, 6) is 0. The number of nitrogens with zero attached hydrogens (tertiary/aromatic N) is 1. The van der Waals surface area contributed by atoms with E-state index in [0.717, 1.165) is 11.0 Å². The fourth-order valence-electron chi connectivity index (χ4n) is 1.39. The molecule has 0 atom stereocenters. The molecule has 0 heterocycles. The van der Waals surface area contributed by atoms with Crippen LogP contribution in [0.4, 0.5) is 0 Å². The summed E-state index contributed by atoms with van der Waals surface area (Å²) in [6.07, 6.45) is 3.02. The zero-order valence-electron chi connectivity index (χ0n) is 10.1. The van der Waals surface area contributed by atoms with Crippen molar-refractivity contribution in [2.75, 3.05) is 19.7 Å². The Hall–Kier alpha value is -1.43. The fourth-order valence-corrected chi connectivity index (χ4v) is 2.54. The molecule has 0 aliphatic rings. The van der Waals surface area contributed by atoms with Crippen LogP contribution in [0.3, 0.4) is 0 Å². The minimum atomic E-state index is -3.52. The molecule has 1 rings (SSSR count). The number of hydrogen-bond donors (Lipinski definition) is 1. The maximum absolute atomic E-state index is 12.0. The van der Waals surface area contributed by atoms with Crippen LogP contribution in [-0.2, 0) is 10.0 Å². The van der Waals surface area contributed by atoms with E-state index in [2.05, 4.69) is 6.58 Å². The van der Waals surface area contributed by atoms with Crippen LogP contribution in [0.1, 0.15) is 5.56 Å². The van der Waals surface area contributed by atoms with Crippen LogP contribution in [0.2, 0.25) is 0 Å². The van der Waals surface area contributed by atoms with Gasteiger partial charge in [-0.1, -0.05) is 36.4 Å². The average molecular weight is 267 g/mol. The quantitative estimate of drug-likeness (QED) is 0.761. The molecule has 0 saturated carbocycles. The molecule has 1 aromatic rings. The van der Waals surface area contributed by atoms with E-state index in [4.69, 9.17) is 5.11 Å². The first kappa shape index (κ1) is 14.6. The van der Waals surface area contributed by atoms with E-state index >= 15 is 0 Å². The van der Waals surface area contributed by atoms with Crippen LogP contribution < -0.4 is 0 Å². The molecule has 0 aromatic heterocycles. The highest BCUT2D eigenvalue weighted by atomic mass is 32.2. The van der Waals surface area contributed by atoms with E-state index in [1.807, 2.05) is 30.3 Å². The molecule has 0 spiro atoms. The highest BCUT2D eigenvalue weighted by molar-refractivity contribution is 7.92. The van der Waals surface area contributed by atoms with Gasteiger partial charge in [0.25, 0.3) is 0 Å². The molecule has 98 valence electrons. The summed E-state index contributed by atoms with van der Waals surface area (Å²) >= 11 is 0. The Morgan fingerprint density at radius 3 is 2.50 bits per heavy atom. The summed E-state index contributed by atoms with van der Waals surface area (Å²) in [7, 11) is -3.52. The van der Waals surface area contributed by atoms with Crippen molar-refractivity contribution >= 4 is 16.1 Å². The molecule has 0 bridgehead atoms. The Balaban J connectivity index is 2.85. The van der Waals surface area contributed by atoms with Gasteiger partial charge in [0.05, 0.1) is 6.61 Å². The van der Waals surface area contributed by atoms with Crippen molar-refractivity contribution < 1.29 is 13.5 Å². The molecular weight excluding hydrogens is 250 g/mol. The predicted octanol–water partition coefficient (Wildman–Crippen LogP) is 1.47. The highest BCUT2D eigenvalue weighted by Gasteiger charge is 2.16. The highest BCUT2D eigenvalue weighted by Crippen LogP contribution is 2.07. The van der Waals surface area contributed by atoms with Gasteiger partial charge in [-0.15, -0.1) is 6.58 Å². The van der Waals surface area contributed by atoms with Gasteiger partial charge in [0.15, 0.2) is 0 Å². The lowest BCUT2D eigenvalue weighted by molar-refractivity contribution is 0.261. The summed E-state index contributed by atoms with van der Waals surface area (Å²) in [5, 5.41) is 9.99. The van der Waals surface area contributed by atoms with Crippen molar-refractivity contribution in [2.45, 2.75) is 0 Å². The van der Waals surface area contributed by atoms with Gasteiger partial charge in [0.1, 0.15) is 0 Å². The molecule has 0 saturated heterocycles. The molecule has 18 heavy (non-hydrogen) atoms. The minimum absolute atomic E-state index is 0.0630. The van der Waals surface area contributed by atoms with Gasteiger partial charge in [0, 0.05) is 18.5 Å². The van der Waals surface area contributed by atoms with E-state index in [1.54, 1.807) is 0 Å². The van der Waals surface area contributed by atoms with Crippen molar-refractivity contribution in [1.82, 2.24) is 4.31 Å². The summed E-state index contributed by atoms with van der Waals surface area (Å²) in [6.45, 7) is 3.53. The average Bonchev–Trinajstić information content (AvgIpc) is 2.37. The molecule has 0 amide bonds. The van der Waals surface area contributed by atoms with Crippen LogP contribution in [0.15, 0.2) is 48.4 Å². The number of rotatable bonds is 7. The van der Waals surface area contributed by atoms with E-state index in [-0.39, 0.29) is 19.7 Å². The second kappa shape index (κ2) is 7.10. The van der Waals surface area contributed by atoms with Gasteiger partial charge >= 0.3 is 0 Å². The van der Waals surface area contributed by atoms with Gasteiger partial charge in [-0.3, -0.25) is 0 Å². The third kappa shape index (κ3) is 4.44. The monoisotopic (exact) mass is 267 g/mol. The molecule has 0 radical (unpaired) electrons. The predicted molar refractivity (Wildman–Crippen MR) is 73.3 cm³/mol. The van der Waals surface area contributed by atoms with E-state index in [1.165, 1.54) is 16.5 Å². The van der Waals surface area contributed by atoms with Gasteiger partial charge in [0.2, 0.25) is 10.0 Å². The van der Waals surface area contributed by atoms with Crippen molar-refractivity contribution in [3.05, 3.63) is 54.0 Å². The van der Waals surface area contributed by atoms with E-state index < -0.39 is 10.0 Å². The third-order valence-electron chi connectivity index (χ3n) is 2.27. The zero-order valence-corrected chi connectivity index (χ0v) is 10.9. The Morgan fingerprint density at radius 2 is 1.94 bits per heavy atom. The number of sulfonamides is 1. The molecule has 0 unspecified atom stereocenters. The van der Waals surface area contributed by atoms with E-state index in [9.17, 15) is 8.42 Å². The van der Waals surface area contributed by atoms with Gasteiger partial charge in [-0.05, 0) is 11.6 Å². The summed E-state index contributed by atoms with van der Waals surface area (Å²) in [5.41, 5.74) is 0.809. The maximum Gasteiger partial charge on any atom is 0.236 e. The van der Waals surface area contributed by atoms with Crippen LogP contribution in [0.25, 0.3) is 6.08 Å². The van der Waals surface area contributed by atoms with Gasteiger partial charge < -0.3 is 5.11 Å². The molecule has 0 aliphatic heterocycles. The first-order valence-electron chi connectivity index (χ1n) is 5.55. The topological polar surface area (TPSA) is 57.6 Å². The lowest BCUT2D eigenvalue weighted by Gasteiger charge is -2.16. The molecular formula is C13H17NO3S. The number of benzene rings is 1. The SMILES string of the molecule is C=CCN(CCO)S(=O)(=O)/C=C/c1ccccc1. The molecule has 0 aliphatic carbocycles. The largest absolute Gasteiger partial charge is 0.395 e. The van der Waals surface area contributed by atoms with Gasteiger partial charge in [-0.2, -0.15) is 4.31 Å². The summed E-state index contributed by atoms with van der Waals surface area (Å²) in [6, 6.07) is 9.16. The smallest absolute Gasteiger partial charge is 0.236 e. The van der Waals surface area contributed by atoms with Crippen molar-refractivity contribution in [3.8, 4) is 0 Å². The fraction of sp³-hybridized carbons (Fsp3) is 0.231. The number of aliphatic hydroxyl groups excluding tert-OH is 1. The Labute approximate surface area is 108 Å². The maximum atomic E-state index is 12.0. The van der Waals surface area contributed by atoms with Crippen molar-refractivity contribution in [1.29, 1.82) is 0 Å². The molecule has 0 fully saturated rings. The van der Waals surface area contributed by atoms with Crippen LogP contribution >= 0.6 is 0 Å². The van der Waals surface area contributed by atoms with Crippen molar-refractivity contribution in [3.63, 3.8) is 0 Å². The number of hydrogen-bond acceptors (Lipinski definition) is 3. The zero-order chi connectivity index (χ0) is 13.4. The normalized spacial score (nSPS) is 12.1. The summed E-state index contributed by atoms with van der Waals surface area (Å²) in [4.78, 5) is 0.